The molecule has 0 aromatic heterocycles. The molecule has 0 atom stereocenters. The first-order valence-electron chi connectivity index (χ1n) is 3.85. The highest BCUT2D eigenvalue weighted by molar-refractivity contribution is 5.79. The fraction of sp³-hybridized carbons (Fsp3) is 0.222. The van der Waals surface area contributed by atoms with Gasteiger partial charge in [-0.3, -0.25) is 0 Å². The van der Waals surface area contributed by atoms with Crippen LogP contribution in [0, 0.1) is 0 Å². The van der Waals surface area contributed by atoms with E-state index in [1.54, 1.807) is 6.21 Å². The molecule has 0 unspecified atom stereocenters. The molecule has 0 aliphatic carbocycles. The van der Waals surface area contributed by atoms with Crippen LogP contribution in [-0.4, -0.2) is 24.5 Å². The maximum atomic E-state index is 8.43. The zero-order valence-electron chi connectivity index (χ0n) is 6.77. The smallest absolute Gasteiger partial charge is 0.0620 e. The van der Waals surface area contributed by atoms with Gasteiger partial charge in [0.1, 0.15) is 0 Å². The highest BCUT2D eigenvalue weighted by Gasteiger charge is 1.81. The normalized spacial score (nSPS) is 10.4. The standard InChI is InChI=1S/C9H12N2O/c12-7-6-10-11-8-9-4-2-1-3-5-9/h1-5,8,10,12H,6-7H2. The van der Waals surface area contributed by atoms with E-state index in [2.05, 4.69) is 10.5 Å². The average Bonchev–Trinajstić information content (AvgIpc) is 2.14. The lowest BCUT2D eigenvalue weighted by atomic mass is 10.2. The summed E-state index contributed by atoms with van der Waals surface area (Å²) in [6, 6.07) is 9.79. The number of rotatable bonds is 4. The molecule has 0 spiro atoms. The summed E-state index contributed by atoms with van der Waals surface area (Å²) in [7, 11) is 0. The summed E-state index contributed by atoms with van der Waals surface area (Å²) < 4.78 is 0. The van der Waals surface area contributed by atoms with E-state index in [0.29, 0.717) is 6.54 Å². The van der Waals surface area contributed by atoms with Crippen LogP contribution in [0.3, 0.4) is 0 Å². The van der Waals surface area contributed by atoms with Crippen molar-refractivity contribution < 1.29 is 5.11 Å². The van der Waals surface area contributed by atoms with Crippen LogP contribution >= 0.6 is 0 Å². The number of hydrazone groups is 1. The van der Waals surface area contributed by atoms with Crippen LogP contribution in [0.2, 0.25) is 0 Å². The highest BCUT2D eigenvalue weighted by atomic mass is 16.3. The molecule has 0 amide bonds. The largest absolute Gasteiger partial charge is 0.394 e. The Bertz CT molecular complexity index is 234. The first kappa shape index (κ1) is 8.74. The Balaban J connectivity index is 2.36. The van der Waals surface area contributed by atoms with Gasteiger partial charge in [0.25, 0.3) is 0 Å². The predicted octanol–water partition coefficient (Wildman–Crippen LogP) is 0.602. The van der Waals surface area contributed by atoms with Crippen LogP contribution < -0.4 is 5.43 Å². The van der Waals surface area contributed by atoms with Crippen molar-refractivity contribution in [3.63, 3.8) is 0 Å². The fourth-order valence-corrected chi connectivity index (χ4v) is 0.774. The molecule has 0 heterocycles. The minimum atomic E-state index is 0.103. The molecule has 1 aromatic carbocycles. The summed E-state index contributed by atoms with van der Waals surface area (Å²) in [5.74, 6) is 0. The van der Waals surface area contributed by atoms with E-state index in [1.165, 1.54) is 0 Å². The molecule has 1 aromatic rings. The van der Waals surface area contributed by atoms with Crippen LogP contribution in [0.4, 0.5) is 0 Å². The molecular weight excluding hydrogens is 152 g/mol. The second-order valence-corrected chi connectivity index (χ2v) is 2.30. The van der Waals surface area contributed by atoms with E-state index in [4.69, 9.17) is 5.11 Å². The molecule has 1 rings (SSSR count). The minimum Gasteiger partial charge on any atom is -0.394 e. The number of nitrogens with one attached hydrogen (secondary N) is 1. The van der Waals surface area contributed by atoms with Crippen molar-refractivity contribution in [3.05, 3.63) is 35.9 Å². The molecule has 0 saturated carbocycles. The van der Waals surface area contributed by atoms with Gasteiger partial charge in [0, 0.05) is 0 Å². The molecule has 0 bridgehead atoms. The van der Waals surface area contributed by atoms with E-state index in [9.17, 15) is 0 Å². The van der Waals surface area contributed by atoms with E-state index in [1.807, 2.05) is 30.3 Å². The topological polar surface area (TPSA) is 44.6 Å². The van der Waals surface area contributed by atoms with Crippen molar-refractivity contribution in [1.82, 2.24) is 5.43 Å². The van der Waals surface area contributed by atoms with Crippen LogP contribution in [0.5, 0.6) is 0 Å². The van der Waals surface area contributed by atoms with Crippen LogP contribution in [-0.2, 0) is 0 Å². The van der Waals surface area contributed by atoms with Gasteiger partial charge in [0.2, 0.25) is 0 Å². The van der Waals surface area contributed by atoms with Crippen LogP contribution in [0.25, 0.3) is 0 Å². The average molecular weight is 164 g/mol. The quantitative estimate of drug-likeness (QED) is 0.389. The van der Waals surface area contributed by atoms with E-state index < -0.39 is 0 Å². The van der Waals surface area contributed by atoms with Gasteiger partial charge in [-0.25, -0.2) is 0 Å². The number of hydrogen-bond donors (Lipinski definition) is 2. The zero-order valence-corrected chi connectivity index (χ0v) is 6.77. The summed E-state index contributed by atoms with van der Waals surface area (Å²) in [4.78, 5) is 0. The van der Waals surface area contributed by atoms with E-state index in [-0.39, 0.29) is 6.61 Å². The van der Waals surface area contributed by atoms with Gasteiger partial charge >= 0.3 is 0 Å². The monoisotopic (exact) mass is 164 g/mol. The number of aliphatic hydroxyl groups is 1. The summed E-state index contributed by atoms with van der Waals surface area (Å²) in [6.45, 7) is 0.593. The van der Waals surface area contributed by atoms with Gasteiger partial charge in [-0.15, -0.1) is 0 Å². The predicted molar refractivity (Wildman–Crippen MR) is 49.1 cm³/mol. The molecule has 12 heavy (non-hydrogen) atoms. The minimum absolute atomic E-state index is 0.103. The highest BCUT2D eigenvalue weighted by Crippen LogP contribution is 1.92. The van der Waals surface area contributed by atoms with Crippen molar-refractivity contribution >= 4 is 6.21 Å². The van der Waals surface area contributed by atoms with Crippen molar-refractivity contribution in [1.29, 1.82) is 0 Å². The Morgan fingerprint density at radius 3 is 2.75 bits per heavy atom. The molecule has 0 aliphatic rings. The summed E-state index contributed by atoms with van der Waals surface area (Å²) in [6.07, 6.45) is 1.72. The first-order valence-corrected chi connectivity index (χ1v) is 3.85. The van der Waals surface area contributed by atoms with Gasteiger partial charge in [-0.05, 0) is 5.56 Å². The first-order chi connectivity index (χ1) is 5.93. The summed E-state index contributed by atoms with van der Waals surface area (Å²) in [5, 5.41) is 12.3. The number of hydrogen-bond acceptors (Lipinski definition) is 3. The van der Waals surface area contributed by atoms with Gasteiger partial charge in [0.15, 0.2) is 0 Å². The number of nitrogens with zero attached hydrogens (tertiary/aromatic N) is 1. The molecular formula is C9H12N2O. The Labute approximate surface area is 71.7 Å². The third kappa shape index (κ3) is 3.16. The SMILES string of the molecule is OCCNN=Cc1ccccc1. The summed E-state index contributed by atoms with van der Waals surface area (Å²) >= 11 is 0. The van der Waals surface area contributed by atoms with Crippen molar-refractivity contribution in [2.24, 2.45) is 5.10 Å². The fourth-order valence-electron chi connectivity index (χ4n) is 0.774. The van der Waals surface area contributed by atoms with Crippen LogP contribution in [0.1, 0.15) is 5.56 Å². The lowest BCUT2D eigenvalue weighted by Gasteiger charge is -1.94. The molecule has 3 heteroatoms. The molecule has 0 aliphatic heterocycles. The molecule has 0 radical (unpaired) electrons. The molecule has 3 nitrogen and oxygen atoms in total. The maximum absolute atomic E-state index is 8.43. The second kappa shape index (κ2) is 5.32. The number of aliphatic hydroxyl groups excluding tert-OH is 1. The Morgan fingerprint density at radius 2 is 2.08 bits per heavy atom. The Kier molecular flexibility index (Phi) is 3.88. The Hall–Kier alpha value is -1.35. The molecule has 2 N–H and O–H groups in total. The maximum Gasteiger partial charge on any atom is 0.0620 e. The van der Waals surface area contributed by atoms with Crippen molar-refractivity contribution in [3.8, 4) is 0 Å². The second-order valence-electron chi connectivity index (χ2n) is 2.30. The van der Waals surface area contributed by atoms with E-state index in [0.717, 1.165) is 5.56 Å². The van der Waals surface area contributed by atoms with Gasteiger partial charge in [0.05, 0.1) is 19.4 Å². The molecule has 0 saturated heterocycles. The lowest BCUT2D eigenvalue weighted by molar-refractivity contribution is 0.294. The lowest BCUT2D eigenvalue weighted by Crippen LogP contribution is -2.11. The zero-order chi connectivity index (χ0) is 8.65. The molecule has 0 fully saturated rings. The third-order valence-corrected chi connectivity index (χ3v) is 1.33. The third-order valence-electron chi connectivity index (χ3n) is 1.33. The summed E-state index contributed by atoms with van der Waals surface area (Å²) in [5.41, 5.74) is 3.75. The van der Waals surface area contributed by atoms with Gasteiger partial charge < -0.3 is 10.5 Å². The number of benzene rings is 1. The molecule has 64 valence electrons. The van der Waals surface area contributed by atoms with E-state index >= 15 is 0 Å². The van der Waals surface area contributed by atoms with Crippen LogP contribution in [0.15, 0.2) is 35.4 Å². The van der Waals surface area contributed by atoms with Gasteiger partial charge in [-0.1, -0.05) is 30.3 Å². The van der Waals surface area contributed by atoms with Gasteiger partial charge in [-0.2, -0.15) is 5.10 Å². The van der Waals surface area contributed by atoms with Crippen molar-refractivity contribution in [2.75, 3.05) is 13.2 Å². The Morgan fingerprint density at radius 1 is 1.33 bits per heavy atom. The van der Waals surface area contributed by atoms with Crippen molar-refractivity contribution in [2.45, 2.75) is 0 Å².